The highest BCUT2D eigenvalue weighted by molar-refractivity contribution is 7.09. The number of hydrogen-bond donors (Lipinski definition) is 1. The molecule has 2 aromatic rings. The van der Waals surface area contributed by atoms with Gasteiger partial charge in [0.2, 0.25) is 0 Å². The molecule has 2 N–H and O–H groups in total. The average molecular weight is 307 g/mol. The SMILES string of the molecule is CC(C)(C)c1nnsc1-c1nc(C2(N)CCCCC2)no1. The van der Waals surface area contributed by atoms with Crippen LogP contribution in [0.4, 0.5) is 0 Å². The molecule has 0 aliphatic heterocycles. The van der Waals surface area contributed by atoms with Crippen LogP contribution in [0, 0.1) is 0 Å². The predicted molar refractivity (Wildman–Crippen MR) is 80.9 cm³/mol. The van der Waals surface area contributed by atoms with Crippen molar-refractivity contribution >= 4 is 11.5 Å². The number of nitrogens with two attached hydrogens (primary N) is 1. The maximum atomic E-state index is 6.46. The molecule has 2 aromatic heterocycles. The summed E-state index contributed by atoms with van der Waals surface area (Å²) in [5.74, 6) is 1.10. The van der Waals surface area contributed by atoms with Crippen LogP contribution in [0.25, 0.3) is 10.8 Å². The van der Waals surface area contributed by atoms with Gasteiger partial charge in [0.25, 0.3) is 5.89 Å². The summed E-state index contributed by atoms with van der Waals surface area (Å²) in [4.78, 5) is 5.40. The minimum atomic E-state index is -0.444. The highest BCUT2D eigenvalue weighted by atomic mass is 32.1. The van der Waals surface area contributed by atoms with Crippen molar-refractivity contribution in [2.24, 2.45) is 5.73 Å². The van der Waals surface area contributed by atoms with E-state index in [1.54, 1.807) is 0 Å². The van der Waals surface area contributed by atoms with Gasteiger partial charge in [0, 0.05) is 5.41 Å². The number of nitrogens with zero attached hydrogens (tertiary/aromatic N) is 4. The zero-order valence-electron chi connectivity index (χ0n) is 12.7. The van der Waals surface area contributed by atoms with Gasteiger partial charge in [-0.25, -0.2) is 0 Å². The first-order valence-electron chi connectivity index (χ1n) is 7.36. The van der Waals surface area contributed by atoms with E-state index >= 15 is 0 Å². The largest absolute Gasteiger partial charge is 0.333 e. The molecule has 6 nitrogen and oxygen atoms in total. The summed E-state index contributed by atoms with van der Waals surface area (Å²) in [5.41, 5.74) is 6.79. The van der Waals surface area contributed by atoms with Crippen LogP contribution in [-0.2, 0) is 11.0 Å². The second kappa shape index (κ2) is 5.14. The van der Waals surface area contributed by atoms with Crippen LogP contribution < -0.4 is 5.73 Å². The van der Waals surface area contributed by atoms with Crippen molar-refractivity contribution in [1.29, 1.82) is 0 Å². The normalized spacial score (nSPS) is 18.9. The van der Waals surface area contributed by atoms with E-state index in [1.807, 2.05) is 0 Å². The van der Waals surface area contributed by atoms with Gasteiger partial charge in [0.15, 0.2) is 5.82 Å². The molecular formula is C14H21N5OS. The third-order valence-electron chi connectivity index (χ3n) is 4.01. The Kier molecular flexibility index (Phi) is 3.57. The fourth-order valence-electron chi connectivity index (χ4n) is 2.75. The Hall–Kier alpha value is -1.34. The molecule has 1 fully saturated rings. The standard InChI is InChI=1S/C14H21N5OS/c1-13(2,3)10-9(21-19-17-10)11-16-12(18-20-11)14(15)7-5-4-6-8-14/h4-8,15H2,1-3H3. The smallest absolute Gasteiger partial charge is 0.271 e. The quantitative estimate of drug-likeness (QED) is 0.917. The van der Waals surface area contributed by atoms with E-state index in [0.29, 0.717) is 11.7 Å². The van der Waals surface area contributed by atoms with Crippen molar-refractivity contribution < 1.29 is 4.52 Å². The summed E-state index contributed by atoms with van der Waals surface area (Å²) in [6.45, 7) is 6.28. The summed E-state index contributed by atoms with van der Waals surface area (Å²) in [6, 6.07) is 0. The van der Waals surface area contributed by atoms with Crippen molar-refractivity contribution in [1.82, 2.24) is 19.7 Å². The Morgan fingerprint density at radius 1 is 1.19 bits per heavy atom. The maximum absolute atomic E-state index is 6.46. The Balaban J connectivity index is 1.94. The van der Waals surface area contributed by atoms with Gasteiger partial charge in [-0.2, -0.15) is 4.98 Å². The van der Waals surface area contributed by atoms with Gasteiger partial charge in [0.1, 0.15) is 4.88 Å². The monoisotopic (exact) mass is 307 g/mol. The van der Waals surface area contributed by atoms with E-state index in [1.165, 1.54) is 18.0 Å². The molecule has 0 amide bonds. The summed E-state index contributed by atoms with van der Waals surface area (Å²) >= 11 is 1.29. The fourth-order valence-corrected chi connectivity index (χ4v) is 3.54. The highest BCUT2D eigenvalue weighted by Crippen LogP contribution is 2.36. The Morgan fingerprint density at radius 3 is 2.57 bits per heavy atom. The number of aromatic nitrogens is 4. The third kappa shape index (κ3) is 2.72. The van der Waals surface area contributed by atoms with Gasteiger partial charge in [-0.1, -0.05) is 49.7 Å². The molecule has 0 atom stereocenters. The van der Waals surface area contributed by atoms with Gasteiger partial charge >= 0.3 is 0 Å². The molecule has 0 bridgehead atoms. The summed E-state index contributed by atoms with van der Waals surface area (Å²) in [6.07, 6.45) is 5.31. The lowest BCUT2D eigenvalue weighted by Crippen LogP contribution is -2.39. The third-order valence-corrected chi connectivity index (χ3v) is 4.72. The van der Waals surface area contributed by atoms with Gasteiger partial charge < -0.3 is 10.3 Å². The molecule has 1 saturated carbocycles. The molecule has 0 aromatic carbocycles. The fraction of sp³-hybridized carbons (Fsp3) is 0.714. The summed E-state index contributed by atoms with van der Waals surface area (Å²) in [7, 11) is 0. The molecule has 0 saturated heterocycles. The van der Waals surface area contributed by atoms with Gasteiger partial charge in [-0.3, -0.25) is 0 Å². The molecule has 2 heterocycles. The van der Waals surface area contributed by atoms with Gasteiger partial charge in [-0.15, -0.1) is 5.10 Å². The van der Waals surface area contributed by atoms with E-state index in [0.717, 1.165) is 36.3 Å². The lowest BCUT2D eigenvalue weighted by atomic mass is 9.82. The second-order valence-corrected chi connectivity index (χ2v) is 7.59. The molecule has 1 aliphatic rings. The maximum Gasteiger partial charge on any atom is 0.271 e. The lowest BCUT2D eigenvalue weighted by molar-refractivity contribution is 0.275. The van der Waals surface area contributed by atoms with Crippen LogP contribution in [0.2, 0.25) is 0 Å². The van der Waals surface area contributed by atoms with Crippen molar-refractivity contribution in [3.8, 4) is 10.8 Å². The van der Waals surface area contributed by atoms with Crippen LogP contribution in [0.1, 0.15) is 64.4 Å². The number of hydrogen-bond acceptors (Lipinski definition) is 7. The molecule has 114 valence electrons. The minimum Gasteiger partial charge on any atom is -0.333 e. The molecule has 0 unspecified atom stereocenters. The first kappa shape index (κ1) is 14.6. The Bertz CT molecular complexity index is 621. The Morgan fingerprint density at radius 2 is 1.90 bits per heavy atom. The highest BCUT2D eigenvalue weighted by Gasteiger charge is 2.35. The Labute approximate surface area is 128 Å². The minimum absolute atomic E-state index is 0.109. The van der Waals surface area contributed by atoms with Crippen LogP contribution in [0.15, 0.2) is 4.52 Å². The van der Waals surface area contributed by atoms with Crippen molar-refractivity contribution in [2.75, 3.05) is 0 Å². The number of rotatable bonds is 2. The molecule has 3 rings (SSSR count). The van der Waals surface area contributed by atoms with E-state index in [2.05, 4.69) is 40.5 Å². The van der Waals surface area contributed by atoms with E-state index in [4.69, 9.17) is 10.3 Å². The van der Waals surface area contributed by atoms with Crippen molar-refractivity contribution in [3.05, 3.63) is 11.5 Å². The topological polar surface area (TPSA) is 90.7 Å². The molecular weight excluding hydrogens is 286 g/mol. The van der Waals surface area contributed by atoms with E-state index in [-0.39, 0.29) is 5.41 Å². The lowest BCUT2D eigenvalue weighted by Gasteiger charge is -2.29. The van der Waals surface area contributed by atoms with Crippen LogP contribution in [-0.4, -0.2) is 19.7 Å². The summed E-state index contributed by atoms with van der Waals surface area (Å²) < 4.78 is 9.49. The molecule has 1 aliphatic carbocycles. The van der Waals surface area contributed by atoms with Crippen LogP contribution in [0.3, 0.4) is 0 Å². The zero-order valence-corrected chi connectivity index (χ0v) is 13.5. The predicted octanol–water partition coefficient (Wildman–Crippen LogP) is 3.00. The summed E-state index contributed by atoms with van der Waals surface area (Å²) in [5, 5.41) is 8.34. The molecule has 21 heavy (non-hydrogen) atoms. The second-order valence-electron chi connectivity index (χ2n) is 6.84. The first-order valence-corrected chi connectivity index (χ1v) is 8.14. The zero-order chi connectivity index (χ0) is 15.1. The average Bonchev–Trinajstić information content (AvgIpc) is 3.08. The van der Waals surface area contributed by atoms with E-state index < -0.39 is 5.54 Å². The van der Waals surface area contributed by atoms with Crippen LogP contribution >= 0.6 is 11.5 Å². The van der Waals surface area contributed by atoms with Gasteiger partial charge in [-0.05, 0) is 24.4 Å². The van der Waals surface area contributed by atoms with Crippen molar-refractivity contribution in [3.63, 3.8) is 0 Å². The first-order chi connectivity index (χ1) is 9.90. The van der Waals surface area contributed by atoms with E-state index in [9.17, 15) is 0 Å². The van der Waals surface area contributed by atoms with Crippen molar-refractivity contribution in [2.45, 2.75) is 63.8 Å². The van der Waals surface area contributed by atoms with Crippen LogP contribution in [0.5, 0.6) is 0 Å². The molecule has 7 heteroatoms. The van der Waals surface area contributed by atoms with Gasteiger partial charge in [0.05, 0.1) is 11.2 Å². The molecule has 0 radical (unpaired) electrons. The molecule has 0 spiro atoms.